The normalized spacial score (nSPS) is 12.0. The lowest BCUT2D eigenvalue weighted by Crippen LogP contribution is -2.22. The zero-order valence-corrected chi connectivity index (χ0v) is 20.8. The Morgan fingerprint density at radius 3 is 2.31 bits per heavy atom. The van der Waals surface area contributed by atoms with Gasteiger partial charge in [0, 0.05) is 30.7 Å². The van der Waals surface area contributed by atoms with Gasteiger partial charge in [0.2, 0.25) is 10.0 Å². The smallest absolute Gasteiger partial charge is 0.322 e. The summed E-state index contributed by atoms with van der Waals surface area (Å²) in [7, 11) is -1.01. The molecule has 1 N–H and O–H groups in total. The molecule has 3 rings (SSSR count). The molecular formula is C23H20F3N3O5S2. The highest BCUT2D eigenvalue weighted by Gasteiger charge is 2.33. The van der Waals surface area contributed by atoms with Crippen molar-refractivity contribution in [2.45, 2.75) is 27.8 Å². The van der Waals surface area contributed by atoms with Crippen molar-refractivity contribution in [3.05, 3.63) is 87.5 Å². The lowest BCUT2D eigenvalue weighted by Gasteiger charge is -2.15. The molecule has 0 atom stereocenters. The zero-order valence-electron chi connectivity index (χ0n) is 19.2. The summed E-state index contributed by atoms with van der Waals surface area (Å²) in [4.78, 5) is 23.8. The van der Waals surface area contributed by atoms with Crippen LogP contribution in [0.1, 0.15) is 21.5 Å². The lowest BCUT2D eigenvalue weighted by molar-refractivity contribution is -0.388. The maximum absolute atomic E-state index is 13.1. The van der Waals surface area contributed by atoms with Crippen LogP contribution in [-0.4, -0.2) is 37.6 Å². The number of alkyl halides is 3. The van der Waals surface area contributed by atoms with Crippen LogP contribution in [0.3, 0.4) is 0 Å². The average Bonchev–Trinajstić information content (AvgIpc) is 2.80. The Kier molecular flexibility index (Phi) is 7.76. The highest BCUT2D eigenvalue weighted by atomic mass is 32.2. The van der Waals surface area contributed by atoms with E-state index in [2.05, 4.69) is 5.32 Å². The number of anilines is 1. The molecule has 0 saturated carbocycles. The molecule has 3 aromatic rings. The van der Waals surface area contributed by atoms with Gasteiger partial charge in [0.15, 0.2) is 0 Å². The van der Waals surface area contributed by atoms with Gasteiger partial charge in [0.05, 0.1) is 25.8 Å². The fraction of sp³-hybridized carbons (Fsp3) is 0.174. The molecule has 3 aromatic carbocycles. The molecule has 190 valence electrons. The predicted octanol–water partition coefficient (Wildman–Crippen LogP) is 5.58. The standard InChI is InChI=1S/C23H20F3N3O5S2/c1-14-8-10-16(36(33,34)28(2)3)13-18(14)27-22(30)17-6-4-5-7-20(17)35-21-11-9-15(23(24,25)26)12-19(21)29(31)32/h4-13H,1-3H3,(H,27,30). The molecule has 0 unspecified atom stereocenters. The molecule has 13 heteroatoms. The van der Waals surface area contributed by atoms with E-state index in [4.69, 9.17) is 0 Å². The Morgan fingerprint density at radius 1 is 1.03 bits per heavy atom. The molecular weight excluding hydrogens is 519 g/mol. The minimum atomic E-state index is -4.75. The topological polar surface area (TPSA) is 110 Å². The summed E-state index contributed by atoms with van der Waals surface area (Å²) in [5.41, 5.74) is -0.986. The second kappa shape index (κ2) is 10.3. The van der Waals surface area contributed by atoms with E-state index >= 15 is 0 Å². The van der Waals surface area contributed by atoms with Gasteiger partial charge in [-0.1, -0.05) is 30.0 Å². The summed E-state index contributed by atoms with van der Waals surface area (Å²) in [5.74, 6) is -0.629. The Labute approximate surface area is 209 Å². The monoisotopic (exact) mass is 539 g/mol. The quantitative estimate of drug-likeness (QED) is 0.310. The number of halogens is 3. The second-order valence-electron chi connectivity index (χ2n) is 7.75. The van der Waals surface area contributed by atoms with Crippen LogP contribution in [0, 0.1) is 17.0 Å². The number of nitrogens with one attached hydrogen (secondary N) is 1. The molecule has 0 bridgehead atoms. The Morgan fingerprint density at radius 2 is 1.69 bits per heavy atom. The predicted molar refractivity (Wildman–Crippen MR) is 129 cm³/mol. The molecule has 0 heterocycles. The van der Waals surface area contributed by atoms with E-state index in [1.807, 2.05) is 0 Å². The summed E-state index contributed by atoms with van der Waals surface area (Å²) in [6, 6.07) is 12.5. The number of nitrogens with zero attached hydrogens (tertiary/aromatic N) is 2. The molecule has 0 aliphatic carbocycles. The van der Waals surface area contributed by atoms with Gasteiger partial charge in [-0.05, 0) is 48.9 Å². The number of sulfonamides is 1. The first-order chi connectivity index (χ1) is 16.7. The summed E-state index contributed by atoms with van der Waals surface area (Å²) >= 11 is 0.771. The number of aryl methyl sites for hydroxylation is 1. The molecule has 0 fully saturated rings. The number of benzene rings is 3. The lowest BCUT2D eigenvalue weighted by atomic mass is 10.1. The van der Waals surface area contributed by atoms with E-state index in [0.29, 0.717) is 11.6 Å². The number of carbonyl (C=O) groups is 1. The highest BCUT2D eigenvalue weighted by Crippen LogP contribution is 2.40. The second-order valence-corrected chi connectivity index (χ2v) is 11.0. The Bertz CT molecular complexity index is 1440. The summed E-state index contributed by atoms with van der Waals surface area (Å²) in [5, 5.41) is 14.1. The van der Waals surface area contributed by atoms with E-state index in [1.165, 1.54) is 44.4 Å². The van der Waals surface area contributed by atoms with Crippen LogP contribution in [0.25, 0.3) is 0 Å². The number of nitro benzene ring substituents is 1. The number of rotatable bonds is 7. The minimum Gasteiger partial charge on any atom is -0.322 e. The van der Waals surface area contributed by atoms with Crippen LogP contribution in [0.2, 0.25) is 0 Å². The number of amides is 1. The number of carbonyl (C=O) groups excluding carboxylic acids is 1. The van der Waals surface area contributed by atoms with E-state index in [0.717, 1.165) is 28.2 Å². The van der Waals surface area contributed by atoms with Crippen molar-refractivity contribution in [2.24, 2.45) is 0 Å². The van der Waals surface area contributed by atoms with Crippen LogP contribution in [-0.2, 0) is 16.2 Å². The van der Waals surface area contributed by atoms with Crippen LogP contribution in [0.15, 0.2) is 75.4 Å². The number of hydrogen-bond donors (Lipinski definition) is 1. The van der Waals surface area contributed by atoms with Gasteiger partial charge in [-0.3, -0.25) is 14.9 Å². The van der Waals surface area contributed by atoms with Crippen molar-refractivity contribution < 1.29 is 31.3 Å². The van der Waals surface area contributed by atoms with E-state index < -0.39 is 38.3 Å². The van der Waals surface area contributed by atoms with E-state index in [1.54, 1.807) is 19.1 Å². The molecule has 0 radical (unpaired) electrons. The number of nitro groups is 1. The van der Waals surface area contributed by atoms with Crippen LogP contribution < -0.4 is 5.32 Å². The maximum atomic E-state index is 13.1. The average molecular weight is 540 g/mol. The summed E-state index contributed by atoms with van der Waals surface area (Å²) < 4.78 is 65.0. The van der Waals surface area contributed by atoms with Gasteiger partial charge in [-0.15, -0.1) is 0 Å². The first-order valence-corrected chi connectivity index (χ1v) is 12.4. The van der Waals surface area contributed by atoms with Gasteiger partial charge in [0.25, 0.3) is 11.6 Å². The first-order valence-electron chi connectivity index (χ1n) is 10.2. The Balaban J connectivity index is 1.96. The van der Waals surface area contributed by atoms with Crippen molar-refractivity contribution in [2.75, 3.05) is 19.4 Å². The van der Waals surface area contributed by atoms with E-state index in [9.17, 15) is 36.5 Å². The maximum Gasteiger partial charge on any atom is 0.416 e. The van der Waals surface area contributed by atoms with Gasteiger partial charge in [0.1, 0.15) is 0 Å². The van der Waals surface area contributed by atoms with Crippen molar-refractivity contribution in [1.82, 2.24) is 4.31 Å². The third-order valence-corrected chi connectivity index (χ3v) is 8.02. The molecule has 0 spiro atoms. The summed E-state index contributed by atoms with van der Waals surface area (Å²) in [6.07, 6.45) is -4.75. The molecule has 1 amide bonds. The largest absolute Gasteiger partial charge is 0.416 e. The fourth-order valence-corrected chi connectivity index (χ4v) is 5.04. The van der Waals surface area contributed by atoms with Crippen LogP contribution in [0.5, 0.6) is 0 Å². The van der Waals surface area contributed by atoms with Crippen molar-refractivity contribution in [1.29, 1.82) is 0 Å². The molecule has 36 heavy (non-hydrogen) atoms. The van der Waals surface area contributed by atoms with Gasteiger partial charge in [-0.2, -0.15) is 13.2 Å². The molecule has 8 nitrogen and oxygen atoms in total. The highest BCUT2D eigenvalue weighted by molar-refractivity contribution is 7.99. The molecule has 0 aliphatic heterocycles. The van der Waals surface area contributed by atoms with Gasteiger partial charge < -0.3 is 5.32 Å². The SMILES string of the molecule is Cc1ccc(S(=O)(=O)N(C)C)cc1NC(=O)c1ccccc1Sc1ccc(C(F)(F)F)cc1[N+](=O)[O-]. The van der Waals surface area contributed by atoms with Crippen LogP contribution in [0.4, 0.5) is 24.5 Å². The van der Waals surface area contributed by atoms with Crippen molar-refractivity contribution in [3.8, 4) is 0 Å². The third kappa shape index (κ3) is 5.86. The van der Waals surface area contributed by atoms with Gasteiger partial charge in [-0.25, -0.2) is 12.7 Å². The van der Waals surface area contributed by atoms with Crippen molar-refractivity contribution >= 4 is 39.1 Å². The molecule has 0 aliphatic rings. The fourth-order valence-electron chi connectivity index (χ4n) is 3.08. The third-order valence-electron chi connectivity index (χ3n) is 5.07. The molecule has 0 saturated heterocycles. The summed E-state index contributed by atoms with van der Waals surface area (Å²) in [6.45, 7) is 1.67. The van der Waals surface area contributed by atoms with Crippen molar-refractivity contribution in [3.63, 3.8) is 0 Å². The Hall–Kier alpha value is -3.42. The zero-order chi connectivity index (χ0) is 26.8. The van der Waals surface area contributed by atoms with Crippen LogP contribution >= 0.6 is 11.8 Å². The molecule has 0 aromatic heterocycles. The first kappa shape index (κ1) is 27.2. The van der Waals surface area contributed by atoms with E-state index in [-0.39, 0.29) is 25.9 Å². The minimum absolute atomic E-state index is 0.0311. The number of hydrogen-bond acceptors (Lipinski definition) is 6. The van der Waals surface area contributed by atoms with Gasteiger partial charge >= 0.3 is 6.18 Å².